The first-order valence-corrected chi connectivity index (χ1v) is 4.93. The van der Waals surface area contributed by atoms with Gasteiger partial charge in [-0.1, -0.05) is 44.2 Å². The molecule has 76 valence electrons. The van der Waals surface area contributed by atoms with Crippen molar-refractivity contribution < 1.29 is 4.79 Å². The number of carbonyl (C=O) groups excluding carboxylic acids is 1. The van der Waals surface area contributed by atoms with Crippen molar-refractivity contribution in [3.05, 3.63) is 35.9 Å². The van der Waals surface area contributed by atoms with Gasteiger partial charge in [0.1, 0.15) is 0 Å². The van der Waals surface area contributed by atoms with Crippen molar-refractivity contribution in [2.75, 3.05) is 7.05 Å². The van der Waals surface area contributed by atoms with Gasteiger partial charge in [0, 0.05) is 7.05 Å². The van der Waals surface area contributed by atoms with Crippen LogP contribution < -0.4 is 5.32 Å². The Kier molecular flexibility index (Phi) is 3.69. The minimum Gasteiger partial charge on any atom is -0.359 e. The van der Waals surface area contributed by atoms with Gasteiger partial charge in [0.25, 0.3) is 0 Å². The molecule has 0 radical (unpaired) electrons. The van der Waals surface area contributed by atoms with E-state index in [1.54, 1.807) is 7.05 Å². The predicted octanol–water partition coefficient (Wildman–Crippen LogP) is 2.17. The normalized spacial score (nSPS) is 12.6. The molecule has 0 aliphatic carbocycles. The summed E-state index contributed by atoms with van der Waals surface area (Å²) in [5, 5.41) is 2.71. The van der Waals surface area contributed by atoms with Crippen molar-refractivity contribution in [3.63, 3.8) is 0 Å². The van der Waals surface area contributed by atoms with Gasteiger partial charge in [-0.3, -0.25) is 4.79 Å². The second kappa shape index (κ2) is 4.80. The summed E-state index contributed by atoms with van der Waals surface area (Å²) in [5.41, 5.74) is 1.09. The molecule has 1 aromatic rings. The predicted molar refractivity (Wildman–Crippen MR) is 58.1 cm³/mol. The van der Waals surface area contributed by atoms with Crippen molar-refractivity contribution in [1.82, 2.24) is 5.32 Å². The van der Waals surface area contributed by atoms with Crippen LogP contribution in [-0.2, 0) is 4.79 Å². The van der Waals surface area contributed by atoms with Crippen molar-refractivity contribution in [1.29, 1.82) is 0 Å². The summed E-state index contributed by atoms with van der Waals surface area (Å²) < 4.78 is 0. The highest BCUT2D eigenvalue weighted by Gasteiger charge is 2.22. The standard InChI is InChI=1S/C12H17NO/c1-9(2)11(12(14)13-3)10-7-5-4-6-8-10/h4-9,11H,1-3H3,(H,13,14)/t11-/m0/s1. The molecule has 14 heavy (non-hydrogen) atoms. The number of nitrogens with one attached hydrogen (secondary N) is 1. The Bertz CT molecular complexity index is 292. The molecule has 1 amide bonds. The molecule has 0 saturated heterocycles. The summed E-state index contributed by atoms with van der Waals surface area (Å²) in [6.07, 6.45) is 0. The number of rotatable bonds is 3. The first-order valence-electron chi connectivity index (χ1n) is 4.93. The minimum absolute atomic E-state index is 0.0406. The van der Waals surface area contributed by atoms with Crippen LogP contribution in [0.1, 0.15) is 25.3 Å². The first-order chi connectivity index (χ1) is 6.66. The van der Waals surface area contributed by atoms with E-state index in [2.05, 4.69) is 19.2 Å². The van der Waals surface area contributed by atoms with Crippen LogP contribution in [0.15, 0.2) is 30.3 Å². The summed E-state index contributed by atoms with van der Waals surface area (Å²) in [6, 6.07) is 9.89. The van der Waals surface area contributed by atoms with Crippen molar-refractivity contribution in [3.8, 4) is 0 Å². The average Bonchev–Trinajstić information content (AvgIpc) is 2.19. The van der Waals surface area contributed by atoms with Gasteiger partial charge in [-0.05, 0) is 11.5 Å². The fourth-order valence-electron chi connectivity index (χ4n) is 1.65. The van der Waals surface area contributed by atoms with Gasteiger partial charge in [0.2, 0.25) is 5.91 Å². The molecule has 0 aliphatic rings. The summed E-state index contributed by atoms with van der Waals surface area (Å²) in [5.74, 6) is 0.366. The van der Waals surface area contributed by atoms with Crippen LogP contribution in [0.2, 0.25) is 0 Å². The van der Waals surface area contributed by atoms with E-state index in [1.807, 2.05) is 30.3 Å². The van der Waals surface area contributed by atoms with Gasteiger partial charge in [-0.2, -0.15) is 0 Å². The average molecular weight is 191 g/mol. The quantitative estimate of drug-likeness (QED) is 0.779. The molecule has 0 saturated carbocycles. The summed E-state index contributed by atoms with van der Waals surface area (Å²) in [4.78, 5) is 11.6. The van der Waals surface area contributed by atoms with Crippen LogP contribution in [0.25, 0.3) is 0 Å². The molecule has 0 aromatic heterocycles. The number of likely N-dealkylation sites (N-methyl/N-ethyl adjacent to an activating group) is 1. The second-order valence-electron chi connectivity index (χ2n) is 3.75. The lowest BCUT2D eigenvalue weighted by molar-refractivity contribution is -0.123. The summed E-state index contributed by atoms with van der Waals surface area (Å²) >= 11 is 0. The molecule has 2 heteroatoms. The highest BCUT2D eigenvalue weighted by atomic mass is 16.1. The maximum atomic E-state index is 11.6. The Labute approximate surface area is 85.3 Å². The molecule has 0 unspecified atom stereocenters. The zero-order chi connectivity index (χ0) is 10.6. The van der Waals surface area contributed by atoms with E-state index in [4.69, 9.17) is 0 Å². The van der Waals surface area contributed by atoms with Crippen molar-refractivity contribution in [2.45, 2.75) is 19.8 Å². The summed E-state index contributed by atoms with van der Waals surface area (Å²) in [7, 11) is 1.68. The Balaban J connectivity index is 2.95. The van der Waals surface area contributed by atoms with Gasteiger partial charge < -0.3 is 5.32 Å². The minimum atomic E-state index is -0.0406. The lowest BCUT2D eigenvalue weighted by Crippen LogP contribution is -2.28. The third-order valence-electron chi connectivity index (χ3n) is 2.35. The zero-order valence-corrected chi connectivity index (χ0v) is 8.95. The number of amides is 1. The highest BCUT2D eigenvalue weighted by molar-refractivity contribution is 5.83. The van der Waals surface area contributed by atoms with Crippen LogP contribution in [0, 0.1) is 5.92 Å². The smallest absolute Gasteiger partial charge is 0.227 e. The first kappa shape index (κ1) is 10.8. The molecule has 0 heterocycles. The molecule has 1 N–H and O–H groups in total. The van der Waals surface area contributed by atoms with Gasteiger partial charge >= 0.3 is 0 Å². The lowest BCUT2D eigenvalue weighted by Gasteiger charge is -2.19. The van der Waals surface area contributed by atoms with Crippen LogP contribution in [0.5, 0.6) is 0 Å². The van der Waals surface area contributed by atoms with E-state index in [0.717, 1.165) is 5.56 Å². The lowest BCUT2D eigenvalue weighted by atomic mass is 9.88. The molecule has 0 aliphatic heterocycles. The van der Waals surface area contributed by atoms with Crippen LogP contribution >= 0.6 is 0 Å². The van der Waals surface area contributed by atoms with Crippen LogP contribution in [0.4, 0.5) is 0 Å². The molecule has 1 atom stereocenters. The maximum absolute atomic E-state index is 11.6. The number of benzene rings is 1. The van der Waals surface area contributed by atoms with Crippen molar-refractivity contribution in [2.24, 2.45) is 5.92 Å². The highest BCUT2D eigenvalue weighted by Crippen LogP contribution is 2.23. The Hall–Kier alpha value is -1.31. The van der Waals surface area contributed by atoms with Crippen molar-refractivity contribution >= 4 is 5.91 Å². The number of carbonyl (C=O) groups is 1. The molecule has 0 spiro atoms. The largest absolute Gasteiger partial charge is 0.359 e. The topological polar surface area (TPSA) is 29.1 Å². The molecule has 0 bridgehead atoms. The van der Waals surface area contributed by atoms with E-state index in [1.165, 1.54) is 0 Å². The molecular weight excluding hydrogens is 174 g/mol. The van der Waals surface area contributed by atoms with Gasteiger partial charge in [0.15, 0.2) is 0 Å². The number of hydrogen-bond acceptors (Lipinski definition) is 1. The van der Waals surface area contributed by atoms with Gasteiger partial charge in [0.05, 0.1) is 5.92 Å². The third kappa shape index (κ3) is 2.34. The SMILES string of the molecule is CNC(=O)[C@H](c1ccccc1)C(C)C. The fraction of sp³-hybridized carbons (Fsp3) is 0.417. The Morgan fingerprint density at radius 2 is 1.79 bits per heavy atom. The summed E-state index contributed by atoms with van der Waals surface area (Å²) in [6.45, 7) is 4.12. The van der Waals surface area contributed by atoms with E-state index in [-0.39, 0.29) is 11.8 Å². The fourth-order valence-corrected chi connectivity index (χ4v) is 1.65. The Morgan fingerprint density at radius 1 is 1.21 bits per heavy atom. The zero-order valence-electron chi connectivity index (χ0n) is 8.95. The van der Waals surface area contributed by atoms with Crippen LogP contribution in [-0.4, -0.2) is 13.0 Å². The monoisotopic (exact) mass is 191 g/mol. The maximum Gasteiger partial charge on any atom is 0.227 e. The molecule has 1 rings (SSSR count). The second-order valence-corrected chi connectivity index (χ2v) is 3.75. The van der Waals surface area contributed by atoms with Crippen LogP contribution in [0.3, 0.4) is 0 Å². The Morgan fingerprint density at radius 3 is 2.21 bits per heavy atom. The molecular formula is C12H17NO. The van der Waals surface area contributed by atoms with E-state index < -0.39 is 0 Å². The van der Waals surface area contributed by atoms with Gasteiger partial charge in [-0.15, -0.1) is 0 Å². The number of hydrogen-bond donors (Lipinski definition) is 1. The van der Waals surface area contributed by atoms with E-state index >= 15 is 0 Å². The molecule has 2 nitrogen and oxygen atoms in total. The van der Waals surface area contributed by atoms with Gasteiger partial charge in [-0.25, -0.2) is 0 Å². The van der Waals surface area contributed by atoms with E-state index in [9.17, 15) is 4.79 Å². The molecule has 1 aromatic carbocycles. The molecule has 0 fully saturated rings. The third-order valence-corrected chi connectivity index (χ3v) is 2.35. The van der Waals surface area contributed by atoms with E-state index in [0.29, 0.717) is 5.92 Å².